The van der Waals surface area contributed by atoms with Gasteiger partial charge >= 0.3 is 0 Å². The van der Waals surface area contributed by atoms with Gasteiger partial charge in [-0.05, 0) is 50.3 Å². The minimum Gasteiger partial charge on any atom is -0.266 e. The van der Waals surface area contributed by atoms with E-state index in [1.165, 1.54) is 22.4 Å². The smallest absolute Gasteiger partial charge is 0.266 e. The lowest BCUT2D eigenvalue weighted by atomic mass is 10.1. The van der Waals surface area contributed by atoms with Gasteiger partial charge in [0.15, 0.2) is 0 Å². The standard InChI is InChI=1S/C21H21ClN4OS/c1-13-6-8-15(9-7-13)12-26-20(22)17(14(2)25-26)11-23-24-21(27)19-10-16-4-3-5-18(16)28-19/h6-11H,3-5,12H2,1-2H3,(H,24,27)/b23-11-. The lowest BCUT2D eigenvalue weighted by Gasteiger charge is -2.04. The molecule has 1 aliphatic rings. The number of carbonyl (C=O) groups excluding carboxylic acids is 1. The van der Waals surface area contributed by atoms with E-state index >= 15 is 0 Å². The van der Waals surface area contributed by atoms with Crippen LogP contribution >= 0.6 is 22.9 Å². The molecule has 0 bridgehead atoms. The Balaban J connectivity index is 1.44. The van der Waals surface area contributed by atoms with Gasteiger partial charge in [0.25, 0.3) is 5.91 Å². The van der Waals surface area contributed by atoms with E-state index < -0.39 is 0 Å². The van der Waals surface area contributed by atoms with Crippen LogP contribution in [-0.4, -0.2) is 21.9 Å². The van der Waals surface area contributed by atoms with Gasteiger partial charge in [-0.15, -0.1) is 11.3 Å². The number of hydrogen-bond acceptors (Lipinski definition) is 4. The fourth-order valence-electron chi connectivity index (χ4n) is 3.34. The molecule has 0 fully saturated rings. The summed E-state index contributed by atoms with van der Waals surface area (Å²) in [7, 11) is 0. The maximum atomic E-state index is 12.3. The highest BCUT2D eigenvalue weighted by atomic mass is 35.5. The van der Waals surface area contributed by atoms with Gasteiger partial charge in [0.2, 0.25) is 0 Å². The van der Waals surface area contributed by atoms with Gasteiger partial charge in [0.05, 0.1) is 28.9 Å². The Labute approximate surface area is 173 Å². The van der Waals surface area contributed by atoms with Gasteiger partial charge in [-0.2, -0.15) is 10.2 Å². The van der Waals surface area contributed by atoms with Crippen LogP contribution in [0.2, 0.25) is 5.15 Å². The predicted molar refractivity (Wildman–Crippen MR) is 114 cm³/mol. The van der Waals surface area contributed by atoms with Crippen molar-refractivity contribution in [3.8, 4) is 0 Å². The molecule has 0 spiro atoms. The molecule has 1 aliphatic carbocycles. The molecule has 0 atom stereocenters. The molecular weight excluding hydrogens is 392 g/mol. The van der Waals surface area contributed by atoms with Gasteiger partial charge in [0, 0.05) is 4.88 Å². The summed E-state index contributed by atoms with van der Waals surface area (Å²) >= 11 is 8.05. The fraction of sp³-hybridized carbons (Fsp3) is 0.286. The number of rotatable bonds is 5. The number of hydrazone groups is 1. The van der Waals surface area contributed by atoms with Crippen molar-refractivity contribution in [2.24, 2.45) is 5.10 Å². The van der Waals surface area contributed by atoms with Crippen molar-refractivity contribution in [1.29, 1.82) is 0 Å². The summed E-state index contributed by atoms with van der Waals surface area (Å²) in [5.74, 6) is -0.184. The predicted octanol–water partition coefficient (Wildman–Crippen LogP) is 4.52. The van der Waals surface area contributed by atoms with Crippen molar-refractivity contribution in [2.75, 3.05) is 0 Å². The second-order valence-electron chi connectivity index (χ2n) is 7.04. The molecule has 2 heterocycles. The Kier molecular flexibility index (Phi) is 5.33. The molecule has 28 heavy (non-hydrogen) atoms. The average molecular weight is 413 g/mol. The highest BCUT2D eigenvalue weighted by Gasteiger charge is 2.18. The number of nitrogens with zero attached hydrogens (tertiary/aromatic N) is 3. The van der Waals surface area contributed by atoms with Crippen molar-refractivity contribution in [2.45, 2.75) is 39.7 Å². The summed E-state index contributed by atoms with van der Waals surface area (Å²) < 4.78 is 1.74. The van der Waals surface area contributed by atoms with Crippen LogP contribution in [0.15, 0.2) is 35.4 Å². The molecule has 0 radical (unpaired) electrons. The fourth-order valence-corrected chi connectivity index (χ4v) is 4.76. The van der Waals surface area contributed by atoms with Gasteiger partial charge < -0.3 is 0 Å². The van der Waals surface area contributed by atoms with Crippen LogP contribution in [0.25, 0.3) is 0 Å². The number of halogens is 1. The molecule has 0 saturated carbocycles. The van der Waals surface area contributed by atoms with E-state index in [2.05, 4.69) is 46.8 Å². The SMILES string of the molecule is Cc1ccc(Cn2nc(C)c(/C=N\NC(=O)c3cc4c(s3)CCC4)c2Cl)cc1. The van der Waals surface area contributed by atoms with Gasteiger partial charge in [-0.25, -0.2) is 10.1 Å². The van der Waals surface area contributed by atoms with E-state index in [0.29, 0.717) is 22.1 Å². The Bertz CT molecular complexity index is 1030. The molecule has 0 aliphatic heterocycles. The van der Waals surface area contributed by atoms with Crippen LogP contribution in [-0.2, 0) is 19.4 Å². The van der Waals surface area contributed by atoms with Gasteiger partial charge in [-0.3, -0.25) is 4.79 Å². The molecular formula is C21H21ClN4OS. The first kappa shape index (κ1) is 18.9. The topological polar surface area (TPSA) is 59.3 Å². The number of fused-ring (bicyclic) bond motifs is 1. The van der Waals surface area contributed by atoms with Crippen LogP contribution in [0.1, 0.15) is 48.9 Å². The van der Waals surface area contributed by atoms with E-state index in [1.807, 2.05) is 13.0 Å². The summed E-state index contributed by atoms with van der Waals surface area (Å²) in [4.78, 5) is 14.3. The maximum Gasteiger partial charge on any atom is 0.281 e. The highest BCUT2D eigenvalue weighted by Crippen LogP contribution is 2.30. The van der Waals surface area contributed by atoms with E-state index in [0.717, 1.165) is 24.1 Å². The Morgan fingerprint density at radius 3 is 2.86 bits per heavy atom. The summed E-state index contributed by atoms with van der Waals surface area (Å²) in [6, 6.07) is 10.2. The van der Waals surface area contributed by atoms with Crippen molar-refractivity contribution in [3.63, 3.8) is 0 Å². The zero-order chi connectivity index (χ0) is 19.7. The van der Waals surface area contributed by atoms with Crippen LogP contribution < -0.4 is 5.43 Å². The molecule has 1 amide bonds. The lowest BCUT2D eigenvalue weighted by Crippen LogP contribution is -2.16. The molecule has 1 N–H and O–H groups in total. The van der Waals surface area contributed by atoms with Gasteiger partial charge in [0.1, 0.15) is 5.15 Å². The Morgan fingerprint density at radius 1 is 1.32 bits per heavy atom. The first-order chi connectivity index (χ1) is 13.5. The van der Waals surface area contributed by atoms with Crippen LogP contribution in [0.5, 0.6) is 0 Å². The normalized spacial score (nSPS) is 13.2. The maximum absolute atomic E-state index is 12.3. The number of carbonyl (C=O) groups is 1. The lowest BCUT2D eigenvalue weighted by molar-refractivity contribution is 0.0959. The zero-order valence-electron chi connectivity index (χ0n) is 15.8. The molecule has 7 heteroatoms. The number of hydrogen-bond donors (Lipinski definition) is 1. The number of benzene rings is 1. The Morgan fingerprint density at radius 2 is 2.11 bits per heavy atom. The number of nitrogens with one attached hydrogen (secondary N) is 1. The third kappa shape index (κ3) is 3.88. The number of aromatic nitrogens is 2. The monoisotopic (exact) mass is 412 g/mol. The summed E-state index contributed by atoms with van der Waals surface area (Å²) in [5.41, 5.74) is 7.72. The zero-order valence-corrected chi connectivity index (χ0v) is 17.4. The molecule has 0 saturated heterocycles. The van der Waals surface area contributed by atoms with E-state index in [4.69, 9.17) is 11.6 Å². The molecule has 5 nitrogen and oxygen atoms in total. The third-order valence-corrected chi connectivity index (χ3v) is 6.53. The largest absolute Gasteiger partial charge is 0.281 e. The van der Waals surface area contributed by atoms with E-state index in [9.17, 15) is 4.79 Å². The summed E-state index contributed by atoms with van der Waals surface area (Å²) in [6.07, 6.45) is 4.89. The van der Waals surface area contributed by atoms with Crippen molar-refractivity contribution < 1.29 is 4.79 Å². The minimum absolute atomic E-state index is 0.184. The van der Waals surface area contributed by atoms with Crippen molar-refractivity contribution >= 4 is 35.1 Å². The molecule has 144 valence electrons. The summed E-state index contributed by atoms with van der Waals surface area (Å²) in [6.45, 7) is 4.52. The van der Waals surface area contributed by atoms with Gasteiger partial charge in [-0.1, -0.05) is 41.4 Å². The molecule has 3 aromatic rings. The van der Waals surface area contributed by atoms with E-state index in [1.54, 1.807) is 22.2 Å². The van der Waals surface area contributed by atoms with Crippen molar-refractivity contribution in [3.05, 3.63) is 73.2 Å². The number of amides is 1. The second-order valence-corrected chi connectivity index (χ2v) is 8.54. The first-order valence-electron chi connectivity index (χ1n) is 9.24. The second kappa shape index (κ2) is 7.89. The molecule has 1 aromatic carbocycles. The molecule has 4 rings (SSSR count). The quantitative estimate of drug-likeness (QED) is 0.495. The minimum atomic E-state index is -0.184. The number of thiophene rings is 1. The van der Waals surface area contributed by atoms with Crippen LogP contribution in [0.4, 0.5) is 0 Å². The molecule has 0 unspecified atom stereocenters. The van der Waals surface area contributed by atoms with Crippen molar-refractivity contribution in [1.82, 2.24) is 15.2 Å². The number of aryl methyl sites for hydroxylation is 4. The average Bonchev–Trinajstić information content (AvgIpc) is 3.33. The van der Waals surface area contributed by atoms with Crippen LogP contribution in [0.3, 0.4) is 0 Å². The highest BCUT2D eigenvalue weighted by molar-refractivity contribution is 7.14. The Hall–Kier alpha value is -2.44. The third-order valence-electron chi connectivity index (χ3n) is 4.89. The first-order valence-corrected chi connectivity index (χ1v) is 10.4. The summed E-state index contributed by atoms with van der Waals surface area (Å²) in [5, 5.41) is 9.10. The van der Waals surface area contributed by atoms with E-state index in [-0.39, 0.29) is 5.91 Å². The van der Waals surface area contributed by atoms with Crippen LogP contribution in [0, 0.1) is 13.8 Å². The molecule has 2 aromatic heterocycles.